The fourth-order valence-corrected chi connectivity index (χ4v) is 4.22. The van der Waals surface area contributed by atoms with E-state index in [1.165, 1.54) is 11.8 Å². The minimum atomic E-state index is -0.320. The van der Waals surface area contributed by atoms with E-state index < -0.39 is 0 Å². The van der Waals surface area contributed by atoms with Crippen LogP contribution in [-0.4, -0.2) is 30.8 Å². The van der Waals surface area contributed by atoms with Crippen molar-refractivity contribution < 1.29 is 9.21 Å². The first-order chi connectivity index (χ1) is 15.1. The van der Waals surface area contributed by atoms with Crippen molar-refractivity contribution in [1.29, 1.82) is 0 Å². The second kappa shape index (κ2) is 9.66. The van der Waals surface area contributed by atoms with Gasteiger partial charge in [0.1, 0.15) is 0 Å². The molecule has 6 nitrogen and oxygen atoms in total. The average molecular weight is 433 g/mol. The topological polar surface area (TPSA) is 64.2 Å². The molecule has 0 aliphatic heterocycles. The molecular weight excluding hydrogens is 408 g/mol. The van der Waals surface area contributed by atoms with Crippen LogP contribution in [-0.2, 0) is 24.9 Å². The molecule has 7 heteroatoms. The van der Waals surface area contributed by atoms with Gasteiger partial charge < -0.3 is 13.9 Å². The highest BCUT2D eigenvalue weighted by Crippen LogP contribution is 2.27. The molecule has 1 atom stereocenters. The van der Waals surface area contributed by atoms with Crippen molar-refractivity contribution in [2.75, 3.05) is 0 Å². The molecule has 1 amide bonds. The molecule has 0 aliphatic rings. The van der Waals surface area contributed by atoms with Gasteiger partial charge in [-0.05, 0) is 30.2 Å². The number of thioether (sulfide) groups is 1. The zero-order valence-electron chi connectivity index (χ0n) is 17.5. The van der Waals surface area contributed by atoms with Crippen molar-refractivity contribution in [2.24, 2.45) is 7.05 Å². The van der Waals surface area contributed by atoms with Gasteiger partial charge >= 0.3 is 0 Å². The highest BCUT2D eigenvalue weighted by atomic mass is 32.2. The van der Waals surface area contributed by atoms with Crippen LogP contribution in [0.15, 0.2) is 88.6 Å². The Bertz CT molecular complexity index is 1070. The fourth-order valence-electron chi connectivity index (χ4n) is 3.32. The lowest BCUT2D eigenvalue weighted by molar-refractivity contribution is -0.131. The van der Waals surface area contributed by atoms with E-state index in [4.69, 9.17) is 4.42 Å². The molecule has 0 spiro atoms. The Labute approximate surface area is 185 Å². The van der Waals surface area contributed by atoms with Crippen LogP contribution in [0.1, 0.15) is 18.1 Å². The third-order valence-electron chi connectivity index (χ3n) is 4.95. The molecule has 0 bridgehead atoms. The second-order valence-electron chi connectivity index (χ2n) is 7.27. The molecule has 0 fully saturated rings. The summed E-state index contributed by atoms with van der Waals surface area (Å²) in [7, 11) is 1.88. The zero-order valence-corrected chi connectivity index (χ0v) is 18.3. The molecule has 2 aromatic heterocycles. The highest BCUT2D eigenvalue weighted by molar-refractivity contribution is 8.00. The summed E-state index contributed by atoms with van der Waals surface area (Å²) in [5.74, 6) is 1.34. The van der Waals surface area contributed by atoms with Crippen LogP contribution in [0, 0.1) is 0 Å². The quantitative estimate of drug-likeness (QED) is 0.375. The molecule has 1 unspecified atom stereocenters. The van der Waals surface area contributed by atoms with Crippen molar-refractivity contribution in [3.8, 4) is 11.6 Å². The van der Waals surface area contributed by atoms with Gasteiger partial charge in [-0.1, -0.05) is 72.4 Å². The van der Waals surface area contributed by atoms with E-state index in [2.05, 4.69) is 10.2 Å². The van der Waals surface area contributed by atoms with Crippen molar-refractivity contribution in [2.45, 2.75) is 30.4 Å². The van der Waals surface area contributed by atoms with Crippen LogP contribution in [0.3, 0.4) is 0 Å². The molecule has 0 saturated heterocycles. The lowest BCUT2D eigenvalue weighted by atomic mass is 10.1. The molecule has 0 aliphatic carbocycles. The van der Waals surface area contributed by atoms with Gasteiger partial charge in [0.25, 0.3) is 0 Å². The van der Waals surface area contributed by atoms with Gasteiger partial charge in [-0.25, -0.2) is 0 Å². The number of benzene rings is 2. The summed E-state index contributed by atoms with van der Waals surface area (Å²) in [6.45, 7) is 3.02. The number of amides is 1. The van der Waals surface area contributed by atoms with Crippen LogP contribution in [0.4, 0.5) is 0 Å². The third kappa shape index (κ3) is 5.06. The Hall–Kier alpha value is -3.32. The normalized spacial score (nSPS) is 11.9. The summed E-state index contributed by atoms with van der Waals surface area (Å²) in [4.78, 5) is 15.3. The number of hydrogen-bond acceptors (Lipinski definition) is 5. The predicted molar refractivity (Wildman–Crippen MR) is 121 cm³/mol. The minimum absolute atomic E-state index is 0.0558. The SMILES string of the molecule is CC(Sc1nnc(-c2ccco2)n1C)C(=O)N(Cc1ccccc1)Cc1ccccc1. The fraction of sp³-hybridized carbons (Fsp3) is 0.208. The van der Waals surface area contributed by atoms with Crippen molar-refractivity contribution >= 4 is 17.7 Å². The maximum absolute atomic E-state index is 13.4. The number of carbonyl (C=O) groups excluding carboxylic acids is 1. The van der Waals surface area contributed by atoms with Gasteiger partial charge in [0, 0.05) is 20.1 Å². The lowest BCUT2D eigenvalue weighted by Gasteiger charge is -2.26. The lowest BCUT2D eigenvalue weighted by Crippen LogP contribution is -2.35. The van der Waals surface area contributed by atoms with Crippen LogP contribution in [0.2, 0.25) is 0 Å². The van der Waals surface area contributed by atoms with Crippen LogP contribution >= 0.6 is 11.8 Å². The maximum Gasteiger partial charge on any atom is 0.236 e. The number of furan rings is 1. The van der Waals surface area contributed by atoms with Crippen molar-refractivity contribution in [1.82, 2.24) is 19.7 Å². The average Bonchev–Trinajstić information content (AvgIpc) is 3.44. The molecule has 4 rings (SSSR count). The van der Waals surface area contributed by atoms with E-state index in [1.807, 2.05) is 96.2 Å². The number of hydrogen-bond donors (Lipinski definition) is 0. The Morgan fingerprint density at radius 3 is 2.13 bits per heavy atom. The first-order valence-electron chi connectivity index (χ1n) is 10.1. The Kier molecular flexibility index (Phi) is 6.52. The summed E-state index contributed by atoms with van der Waals surface area (Å²) in [5, 5.41) is 8.84. The van der Waals surface area contributed by atoms with Crippen molar-refractivity contribution in [3.05, 3.63) is 90.2 Å². The van der Waals surface area contributed by atoms with Crippen LogP contribution in [0.25, 0.3) is 11.6 Å². The minimum Gasteiger partial charge on any atom is -0.461 e. The molecule has 0 saturated carbocycles. The molecule has 0 radical (unpaired) electrons. The molecule has 2 aromatic carbocycles. The third-order valence-corrected chi connectivity index (χ3v) is 6.07. The molecule has 158 valence electrons. The number of rotatable bonds is 8. The summed E-state index contributed by atoms with van der Waals surface area (Å²) < 4.78 is 7.28. The smallest absolute Gasteiger partial charge is 0.236 e. The maximum atomic E-state index is 13.4. The monoisotopic (exact) mass is 432 g/mol. The second-order valence-corrected chi connectivity index (χ2v) is 8.58. The van der Waals surface area contributed by atoms with E-state index in [-0.39, 0.29) is 11.2 Å². The molecule has 2 heterocycles. The molecular formula is C24H24N4O2S. The largest absolute Gasteiger partial charge is 0.461 e. The Balaban J connectivity index is 1.51. The summed E-state index contributed by atoms with van der Waals surface area (Å²) >= 11 is 1.40. The predicted octanol–water partition coefficient (Wildman–Crippen LogP) is 4.78. The Morgan fingerprint density at radius 1 is 0.968 bits per heavy atom. The van der Waals surface area contributed by atoms with E-state index in [0.717, 1.165) is 11.1 Å². The summed E-state index contributed by atoms with van der Waals surface area (Å²) in [5.41, 5.74) is 2.20. The zero-order chi connectivity index (χ0) is 21.6. The molecule has 4 aromatic rings. The summed E-state index contributed by atoms with van der Waals surface area (Å²) in [6, 6.07) is 23.8. The van der Waals surface area contributed by atoms with Crippen LogP contribution in [0.5, 0.6) is 0 Å². The first kappa shape index (κ1) is 20.9. The molecule has 31 heavy (non-hydrogen) atoms. The van der Waals surface area contributed by atoms with Gasteiger partial charge in [0.2, 0.25) is 5.91 Å². The number of nitrogens with zero attached hydrogens (tertiary/aromatic N) is 4. The van der Waals surface area contributed by atoms with E-state index in [1.54, 1.807) is 6.26 Å². The van der Waals surface area contributed by atoms with Crippen molar-refractivity contribution in [3.63, 3.8) is 0 Å². The van der Waals surface area contributed by atoms with E-state index in [0.29, 0.717) is 29.8 Å². The van der Waals surface area contributed by atoms with Gasteiger partial charge in [-0.3, -0.25) is 4.79 Å². The standard InChI is InChI=1S/C24H24N4O2S/c1-18(31-24-26-25-22(27(24)2)21-14-9-15-30-21)23(29)28(16-19-10-5-3-6-11-19)17-20-12-7-4-8-13-20/h3-15,18H,16-17H2,1-2H3. The van der Waals surface area contributed by atoms with Gasteiger partial charge in [0.05, 0.1) is 11.5 Å². The summed E-state index contributed by atoms with van der Waals surface area (Å²) in [6.07, 6.45) is 1.61. The van der Waals surface area contributed by atoms with Gasteiger partial charge in [-0.15, -0.1) is 10.2 Å². The number of carbonyl (C=O) groups is 1. The first-order valence-corrected chi connectivity index (χ1v) is 11.0. The van der Waals surface area contributed by atoms with Crippen LogP contribution < -0.4 is 0 Å². The highest BCUT2D eigenvalue weighted by Gasteiger charge is 2.25. The molecule has 0 N–H and O–H groups in total. The number of aromatic nitrogens is 3. The van der Waals surface area contributed by atoms with Gasteiger partial charge in [0.15, 0.2) is 16.7 Å². The van der Waals surface area contributed by atoms with E-state index >= 15 is 0 Å². The Morgan fingerprint density at radius 2 is 1.58 bits per heavy atom. The van der Waals surface area contributed by atoms with E-state index in [9.17, 15) is 4.79 Å². The van der Waals surface area contributed by atoms with Gasteiger partial charge in [-0.2, -0.15) is 0 Å².